The summed E-state index contributed by atoms with van der Waals surface area (Å²) in [5, 5.41) is 13.5. The largest absolute Gasteiger partial charge is 0.416 e. The van der Waals surface area contributed by atoms with Gasteiger partial charge in [-0.1, -0.05) is 6.92 Å². The molecule has 0 aliphatic rings. The Kier molecular flexibility index (Phi) is 4.07. The van der Waals surface area contributed by atoms with Crippen molar-refractivity contribution in [1.82, 2.24) is 20.2 Å². The summed E-state index contributed by atoms with van der Waals surface area (Å²) in [6.45, 7) is 6.80. The van der Waals surface area contributed by atoms with Crippen LogP contribution in [0, 0.1) is 13.8 Å². The smallest absolute Gasteiger partial charge is 0.282 e. The van der Waals surface area contributed by atoms with Gasteiger partial charge in [-0.2, -0.15) is 0 Å². The first kappa shape index (κ1) is 14.3. The Hall–Kier alpha value is -1.67. The Morgan fingerprint density at radius 1 is 1.29 bits per heavy atom. The van der Waals surface area contributed by atoms with E-state index in [1.54, 1.807) is 18.3 Å². The zero-order chi connectivity index (χ0) is 14.8. The molecule has 8 heteroatoms. The SMILES string of the molecule is CCCNc1nc(Sc2nnc(C)o2)c2cc(C)sc2n1. The lowest BCUT2D eigenvalue weighted by atomic mass is 10.4. The summed E-state index contributed by atoms with van der Waals surface area (Å²) in [6.07, 6.45) is 1.02. The van der Waals surface area contributed by atoms with Crippen LogP contribution < -0.4 is 5.32 Å². The number of thiophene rings is 1. The molecule has 0 aliphatic heterocycles. The summed E-state index contributed by atoms with van der Waals surface area (Å²) < 4.78 is 5.43. The van der Waals surface area contributed by atoms with Crippen LogP contribution in [0.5, 0.6) is 0 Å². The lowest BCUT2D eigenvalue weighted by Gasteiger charge is -2.05. The van der Waals surface area contributed by atoms with Crippen molar-refractivity contribution in [2.24, 2.45) is 0 Å². The van der Waals surface area contributed by atoms with E-state index in [2.05, 4.69) is 45.4 Å². The molecule has 3 aromatic rings. The third-order valence-electron chi connectivity index (χ3n) is 2.71. The Morgan fingerprint density at radius 2 is 2.14 bits per heavy atom. The highest BCUT2D eigenvalue weighted by molar-refractivity contribution is 7.99. The van der Waals surface area contributed by atoms with Crippen LogP contribution in [0.2, 0.25) is 0 Å². The zero-order valence-electron chi connectivity index (χ0n) is 12.0. The minimum Gasteiger partial charge on any atom is -0.416 e. The van der Waals surface area contributed by atoms with E-state index < -0.39 is 0 Å². The molecule has 21 heavy (non-hydrogen) atoms. The second-order valence-corrected chi connectivity index (χ2v) is 6.72. The van der Waals surface area contributed by atoms with Gasteiger partial charge in [0.1, 0.15) is 9.86 Å². The highest BCUT2D eigenvalue weighted by Crippen LogP contribution is 2.35. The number of aromatic nitrogens is 4. The van der Waals surface area contributed by atoms with E-state index in [-0.39, 0.29) is 0 Å². The number of hydrogen-bond donors (Lipinski definition) is 1. The van der Waals surface area contributed by atoms with Crippen molar-refractivity contribution in [3.8, 4) is 0 Å². The van der Waals surface area contributed by atoms with Crippen LogP contribution in [0.3, 0.4) is 0 Å². The van der Waals surface area contributed by atoms with Gasteiger partial charge in [-0.25, -0.2) is 9.97 Å². The van der Waals surface area contributed by atoms with Gasteiger partial charge in [-0.15, -0.1) is 21.5 Å². The fourth-order valence-corrected chi connectivity index (χ4v) is 3.56. The maximum atomic E-state index is 5.43. The van der Waals surface area contributed by atoms with Crippen LogP contribution in [0.15, 0.2) is 20.7 Å². The van der Waals surface area contributed by atoms with E-state index in [9.17, 15) is 0 Å². The molecule has 0 aromatic carbocycles. The number of fused-ring (bicyclic) bond motifs is 1. The van der Waals surface area contributed by atoms with Gasteiger partial charge in [0.25, 0.3) is 5.22 Å². The van der Waals surface area contributed by atoms with Gasteiger partial charge in [0, 0.05) is 23.7 Å². The normalized spacial score (nSPS) is 11.2. The van der Waals surface area contributed by atoms with Crippen LogP contribution in [0.1, 0.15) is 24.1 Å². The minimum atomic E-state index is 0.498. The van der Waals surface area contributed by atoms with Gasteiger partial charge >= 0.3 is 0 Å². The molecule has 3 rings (SSSR count). The molecule has 3 aromatic heterocycles. The number of anilines is 1. The molecule has 0 aliphatic carbocycles. The molecule has 0 unspecified atom stereocenters. The van der Waals surface area contributed by atoms with Gasteiger partial charge in [0.15, 0.2) is 0 Å². The average molecular weight is 321 g/mol. The predicted molar refractivity (Wildman–Crippen MR) is 84.1 cm³/mol. The summed E-state index contributed by atoms with van der Waals surface area (Å²) in [5.41, 5.74) is 0. The molecule has 0 radical (unpaired) electrons. The summed E-state index contributed by atoms with van der Waals surface area (Å²) in [6, 6.07) is 2.09. The van der Waals surface area contributed by atoms with Gasteiger partial charge in [-0.05, 0) is 31.2 Å². The molecular formula is C13H15N5OS2. The molecule has 0 saturated heterocycles. The first-order valence-electron chi connectivity index (χ1n) is 6.65. The molecule has 0 bridgehead atoms. The zero-order valence-corrected chi connectivity index (χ0v) is 13.6. The molecule has 3 heterocycles. The molecular weight excluding hydrogens is 306 g/mol. The van der Waals surface area contributed by atoms with Crippen molar-refractivity contribution in [1.29, 1.82) is 0 Å². The van der Waals surface area contributed by atoms with Crippen molar-refractivity contribution < 1.29 is 4.42 Å². The Labute approximate surface area is 130 Å². The molecule has 0 spiro atoms. The quantitative estimate of drug-likeness (QED) is 0.718. The number of aryl methyl sites for hydroxylation is 2. The standard InChI is InChI=1S/C13H15N5OS2/c1-4-5-14-12-15-10-9(6-7(2)20-10)11(16-12)21-13-18-17-8(3)19-13/h6H,4-5H2,1-3H3,(H,14,15,16). The molecule has 0 atom stereocenters. The van der Waals surface area contributed by atoms with Gasteiger partial charge in [0.2, 0.25) is 11.8 Å². The first-order chi connectivity index (χ1) is 10.2. The second-order valence-electron chi connectivity index (χ2n) is 4.54. The lowest BCUT2D eigenvalue weighted by Crippen LogP contribution is -2.04. The fourth-order valence-electron chi connectivity index (χ4n) is 1.81. The lowest BCUT2D eigenvalue weighted by molar-refractivity contribution is 0.429. The van der Waals surface area contributed by atoms with E-state index in [0.717, 1.165) is 28.2 Å². The van der Waals surface area contributed by atoms with Gasteiger partial charge in [-0.3, -0.25) is 0 Å². The van der Waals surface area contributed by atoms with Crippen molar-refractivity contribution in [2.45, 2.75) is 37.4 Å². The number of rotatable bonds is 5. The minimum absolute atomic E-state index is 0.498. The third-order valence-corrected chi connectivity index (χ3v) is 4.49. The van der Waals surface area contributed by atoms with Crippen molar-refractivity contribution in [3.63, 3.8) is 0 Å². The Morgan fingerprint density at radius 3 is 2.86 bits per heavy atom. The second kappa shape index (κ2) is 5.98. The Bertz CT molecular complexity index is 767. The third kappa shape index (κ3) is 3.16. The molecule has 0 amide bonds. The van der Waals surface area contributed by atoms with E-state index in [4.69, 9.17) is 4.42 Å². The van der Waals surface area contributed by atoms with Gasteiger partial charge < -0.3 is 9.73 Å². The van der Waals surface area contributed by atoms with Crippen LogP contribution in [-0.2, 0) is 0 Å². The van der Waals surface area contributed by atoms with E-state index in [0.29, 0.717) is 17.1 Å². The number of nitrogens with zero attached hydrogens (tertiary/aromatic N) is 4. The van der Waals surface area contributed by atoms with Crippen molar-refractivity contribution in [2.75, 3.05) is 11.9 Å². The summed E-state index contributed by atoms with van der Waals surface area (Å²) >= 11 is 3.03. The summed E-state index contributed by atoms with van der Waals surface area (Å²) in [7, 11) is 0. The maximum Gasteiger partial charge on any atom is 0.282 e. The summed E-state index contributed by atoms with van der Waals surface area (Å²) in [5.74, 6) is 1.19. The van der Waals surface area contributed by atoms with Crippen LogP contribution in [0.4, 0.5) is 5.95 Å². The number of nitrogens with one attached hydrogen (secondary N) is 1. The molecule has 0 fully saturated rings. The molecule has 1 N–H and O–H groups in total. The molecule has 0 saturated carbocycles. The Balaban J connectivity index is 2.01. The highest BCUT2D eigenvalue weighted by atomic mass is 32.2. The molecule has 6 nitrogen and oxygen atoms in total. The van der Waals surface area contributed by atoms with Crippen molar-refractivity contribution >= 4 is 39.3 Å². The summed E-state index contributed by atoms with van der Waals surface area (Å²) in [4.78, 5) is 11.3. The van der Waals surface area contributed by atoms with Gasteiger partial charge in [0.05, 0.1) is 0 Å². The van der Waals surface area contributed by atoms with E-state index in [1.165, 1.54) is 16.6 Å². The predicted octanol–water partition coefficient (Wildman–Crippen LogP) is 3.66. The maximum absolute atomic E-state index is 5.43. The van der Waals surface area contributed by atoms with Crippen LogP contribution in [0.25, 0.3) is 10.2 Å². The first-order valence-corrected chi connectivity index (χ1v) is 8.29. The fraction of sp³-hybridized carbons (Fsp3) is 0.385. The topological polar surface area (TPSA) is 76.7 Å². The van der Waals surface area contributed by atoms with E-state index in [1.807, 2.05) is 0 Å². The number of hydrogen-bond acceptors (Lipinski definition) is 8. The monoisotopic (exact) mass is 321 g/mol. The average Bonchev–Trinajstić information content (AvgIpc) is 3.01. The van der Waals surface area contributed by atoms with Crippen LogP contribution in [-0.4, -0.2) is 26.7 Å². The molecule has 110 valence electrons. The van der Waals surface area contributed by atoms with Crippen molar-refractivity contribution in [3.05, 3.63) is 16.8 Å². The van der Waals surface area contributed by atoms with E-state index >= 15 is 0 Å². The van der Waals surface area contributed by atoms with Crippen LogP contribution >= 0.6 is 23.1 Å². The highest BCUT2D eigenvalue weighted by Gasteiger charge is 2.14.